The SMILES string of the molecule is O=C(Nc1ccc(Cl)cc1Br)c1nccc2ccccc12. The van der Waals surface area contributed by atoms with Crippen LogP contribution in [-0.2, 0) is 0 Å². The van der Waals surface area contributed by atoms with Crippen molar-refractivity contribution < 1.29 is 4.79 Å². The molecule has 104 valence electrons. The molecule has 0 unspecified atom stereocenters. The van der Waals surface area contributed by atoms with E-state index in [0.717, 1.165) is 15.2 Å². The standard InChI is InChI=1S/C16H10BrClN2O/c17-13-9-11(18)5-6-14(13)20-16(21)15-12-4-2-1-3-10(12)7-8-19-15/h1-9H,(H,20,21). The number of pyridine rings is 1. The topological polar surface area (TPSA) is 42.0 Å². The average Bonchev–Trinajstić information content (AvgIpc) is 2.49. The van der Waals surface area contributed by atoms with Crippen molar-refractivity contribution in [2.24, 2.45) is 0 Å². The fourth-order valence-corrected chi connectivity index (χ4v) is 2.85. The van der Waals surface area contributed by atoms with Crippen LogP contribution in [0, 0.1) is 0 Å². The molecule has 0 atom stereocenters. The van der Waals surface area contributed by atoms with E-state index in [-0.39, 0.29) is 5.91 Å². The molecule has 3 nitrogen and oxygen atoms in total. The molecule has 0 radical (unpaired) electrons. The fraction of sp³-hybridized carbons (Fsp3) is 0. The number of benzene rings is 2. The number of nitrogens with one attached hydrogen (secondary N) is 1. The number of nitrogens with zero attached hydrogens (tertiary/aromatic N) is 1. The Bertz CT molecular complexity index is 830. The molecule has 2 aromatic carbocycles. The summed E-state index contributed by atoms with van der Waals surface area (Å²) in [6, 6.07) is 14.7. The lowest BCUT2D eigenvalue weighted by Gasteiger charge is -2.09. The van der Waals surface area contributed by atoms with E-state index in [9.17, 15) is 4.79 Å². The predicted octanol–water partition coefficient (Wildman–Crippen LogP) is 4.90. The van der Waals surface area contributed by atoms with Crippen LogP contribution in [0.5, 0.6) is 0 Å². The number of aromatic nitrogens is 1. The van der Waals surface area contributed by atoms with Crippen LogP contribution in [0.25, 0.3) is 10.8 Å². The molecule has 3 rings (SSSR count). The molecule has 5 heteroatoms. The summed E-state index contributed by atoms with van der Waals surface area (Å²) in [6.45, 7) is 0. The second-order valence-corrected chi connectivity index (χ2v) is 5.75. The van der Waals surface area contributed by atoms with Crippen LogP contribution < -0.4 is 5.32 Å². The van der Waals surface area contributed by atoms with Crippen LogP contribution in [0.4, 0.5) is 5.69 Å². The van der Waals surface area contributed by atoms with Crippen molar-refractivity contribution in [1.82, 2.24) is 4.98 Å². The van der Waals surface area contributed by atoms with Gasteiger partial charge in [0.25, 0.3) is 5.91 Å². The van der Waals surface area contributed by atoms with Crippen LogP contribution in [0.1, 0.15) is 10.5 Å². The quantitative estimate of drug-likeness (QED) is 0.705. The molecule has 0 aliphatic heterocycles. The highest BCUT2D eigenvalue weighted by atomic mass is 79.9. The number of hydrogen-bond donors (Lipinski definition) is 1. The number of rotatable bonds is 2. The Morgan fingerprint density at radius 3 is 2.76 bits per heavy atom. The van der Waals surface area contributed by atoms with Gasteiger partial charge in [0.2, 0.25) is 0 Å². The lowest BCUT2D eigenvalue weighted by atomic mass is 10.1. The van der Waals surface area contributed by atoms with E-state index < -0.39 is 0 Å². The van der Waals surface area contributed by atoms with Crippen molar-refractivity contribution in [2.45, 2.75) is 0 Å². The summed E-state index contributed by atoms with van der Waals surface area (Å²) in [4.78, 5) is 16.6. The summed E-state index contributed by atoms with van der Waals surface area (Å²) < 4.78 is 0.726. The van der Waals surface area contributed by atoms with Crippen LogP contribution in [0.2, 0.25) is 5.02 Å². The Morgan fingerprint density at radius 2 is 1.95 bits per heavy atom. The maximum Gasteiger partial charge on any atom is 0.274 e. The van der Waals surface area contributed by atoms with Crippen LogP contribution in [0.3, 0.4) is 0 Å². The third kappa shape index (κ3) is 2.91. The number of hydrogen-bond acceptors (Lipinski definition) is 2. The fourth-order valence-electron chi connectivity index (χ4n) is 2.07. The van der Waals surface area contributed by atoms with Gasteiger partial charge in [-0.25, -0.2) is 0 Å². The Kier molecular flexibility index (Phi) is 3.90. The van der Waals surface area contributed by atoms with Crippen molar-refractivity contribution in [3.05, 3.63) is 69.9 Å². The summed E-state index contributed by atoms with van der Waals surface area (Å²) in [5.41, 5.74) is 1.05. The second-order valence-electron chi connectivity index (χ2n) is 4.46. The summed E-state index contributed by atoms with van der Waals surface area (Å²) in [6.07, 6.45) is 1.63. The van der Waals surface area contributed by atoms with Gasteiger partial charge in [0.15, 0.2) is 0 Å². The van der Waals surface area contributed by atoms with Gasteiger partial charge in [0.1, 0.15) is 5.69 Å². The second kappa shape index (κ2) is 5.84. The molecule has 21 heavy (non-hydrogen) atoms. The van der Waals surface area contributed by atoms with Crippen molar-refractivity contribution in [1.29, 1.82) is 0 Å². The van der Waals surface area contributed by atoms with E-state index >= 15 is 0 Å². The van der Waals surface area contributed by atoms with Gasteiger partial charge < -0.3 is 5.32 Å². The molecule has 1 amide bonds. The minimum atomic E-state index is -0.255. The summed E-state index contributed by atoms with van der Waals surface area (Å²) >= 11 is 9.27. The van der Waals surface area contributed by atoms with E-state index in [4.69, 9.17) is 11.6 Å². The van der Waals surface area contributed by atoms with Crippen LogP contribution >= 0.6 is 27.5 Å². The number of halogens is 2. The largest absolute Gasteiger partial charge is 0.320 e. The van der Waals surface area contributed by atoms with Crippen LogP contribution in [0.15, 0.2) is 59.2 Å². The molecule has 0 saturated carbocycles. The van der Waals surface area contributed by atoms with Gasteiger partial charge in [-0.3, -0.25) is 9.78 Å². The van der Waals surface area contributed by atoms with Gasteiger partial charge in [0.05, 0.1) is 5.69 Å². The molecular formula is C16H10BrClN2O. The Labute approximate surface area is 135 Å². The number of anilines is 1. The maximum absolute atomic E-state index is 12.4. The minimum Gasteiger partial charge on any atom is -0.320 e. The lowest BCUT2D eigenvalue weighted by molar-refractivity contribution is 0.102. The normalized spacial score (nSPS) is 10.6. The minimum absolute atomic E-state index is 0.255. The zero-order chi connectivity index (χ0) is 14.8. The van der Waals surface area contributed by atoms with E-state index in [1.807, 2.05) is 30.3 Å². The van der Waals surface area contributed by atoms with Gasteiger partial charge in [-0.1, -0.05) is 35.9 Å². The number of amides is 1. The van der Waals surface area contributed by atoms with Crippen molar-refractivity contribution >= 4 is 49.9 Å². The molecule has 0 bridgehead atoms. The first-order chi connectivity index (χ1) is 10.1. The number of carbonyl (C=O) groups excluding carboxylic acids is 1. The zero-order valence-corrected chi connectivity index (χ0v) is 13.1. The molecule has 0 aliphatic carbocycles. The maximum atomic E-state index is 12.4. The first kappa shape index (κ1) is 14.0. The first-order valence-electron chi connectivity index (χ1n) is 6.25. The molecule has 0 fully saturated rings. The van der Waals surface area contributed by atoms with Gasteiger partial charge in [0, 0.05) is 21.1 Å². The van der Waals surface area contributed by atoms with E-state index in [0.29, 0.717) is 16.4 Å². The van der Waals surface area contributed by atoms with Gasteiger partial charge in [-0.15, -0.1) is 0 Å². The summed E-state index contributed by atoms with van der Waals surface area (Å²) in [7, 11) is 0. The molecule has 0 spiro atoms. The average molecular weight is 362 g/mol. The van der Waals surface area contributed by atoms with Gasteiger partial charge in [-0.05, 0) is 45.6 Å². The smallest absolute Gasteiger partial charge is 0.274 e. The Morgan fingerprint density at radius 1 is 1.14 bits per heavy atom. The molecule has 0 aliphatic rings. The third-order valence-electron chi connectivity index (χ3n) is 3.07. The highest BCUT2D eigenvalue weighted by Gasteiger charge is 2.13. The van der Waals surface area contributed by atoms with Crippen LogP contribution in [-0.4, -0.2) is 10.9 Å². The van der Waals surface area contributed by atoms with E-state index in [1.165, 1.54) is 0 Å². The number of carbonyl (C=O) groups is 1. The van der Waals surface area contributed by atoms with Gasteiger partial charge in [-0.2, -0.15) is 0 Å². The predicted molar refractivity (Wildman–Crippen MR) is 88.8 cm³/mol. The van der Waals surface area contributed by atoms with E-state index in [1.54, 1.807) is 24.4 Å². The molecule has 0 saturated heterocycles. The first-order valence-corrected chi connectivity index (χ1v) is 7.42. The third-order valence-corrected chi connectivity index (χ3v) is 3.96. The molecule has 1 aromatic heterocycles. The van der Waals surface area contributed by atoms with Crippen molar-refractivity contribution in [3.63, 3.8) is 0 Å². The highest BCUT2D eigenvalue weighted by Crippen LogP contribution is 2.26. The van der Waals surface area contributed by atoms with Crippen molar-refractivity contribution in [3.8, 4) is 0 Å². The summed E-state index contributed by atoms with van der Waals surface area (Å²) in [5.74, 6) is -0.255. The molecule has 1 N–H and O–H groups in total. The van der Waals surface area contributed by atoms with E-state index in [2.05, 4.69) is 26.2 Å². The highest BCUT2D eigenvalue weighted by molar-refractivity contribution is 9.10. The summed E-state index contributed by atoms with van der Waals surface area (Å²) in [5, 5.41) is 5.24. The molecule has 3 aromatic rings. The van der Waals surface area contributed by atoms with Gasteiger partial charge >= 0.3 is 0 Å². The van der Waals surface area contributed by atoms with Crippen molar-refractivity contribution in [2.75, 3.05) is 5.32 Å². The lowest BCUT2D eigenvalue weighted by Crippen LogP contribution is -2.14. The molecular weight excluding hydrogens is 352 g/mol. The Hall–Kier alpha value is -1.91. The monoisotopic (exact) mass is 360 g/mol. The number of fused-ring (bicyclic) bond motifs is 1. The molecule has 1 heterocycles. The zero-order valence-electron chi connectivity index (χ0n) is 10.8. The Balaban J connectivity index is 1.97.